The lowest BCUT2D eigenvalue weighted by Gasteiger charge is -2.24. The summed E-state index contributed by atoms with van der Waals surface area (Å²) < 4.78 is 0. The van der Waals surface area contributed by atoms with E-state index < -0.39 is 0 Å². The number of hydrogen-bond acceptors (Lipinski definition) is 3. The molecule has 0 radical (unpaired) electrons. The predicted octanol–water partition coefficient (Wildman–Crippen LogP) is 3.87. The third kappa shape index (κ3) is 5.17. The van der Waals surface area contributed by atoms with Gasteiger partial charge in [-0.1, -0.05) is 26.0 Å². The number of hydrogen-bond donors (Lipinski definition) is 1. The van der Waals surface area contributed by atoms with E-state index in [1.807, 2.05) is 0 Å². The van der Waals surface area contributed by atoms with Gasteiger partial charge in [-0.3, -0.25) is 0 Å². The highest BCUT2D eigenvalue weighted by Crippen LogP contribution is 2.24. The van der Waals surface area contributed by atoms with Gasteiger partial charge in [0.1, 0.15) is 0 Å². The molecule has 1 atom stereocenters. The van der Waals surface area contributed by atoms with Gasteiger partial charge >= 0.3 is 0 Å². The van der Waals surface area contributed by atoms with Gasteiger partial charge in [0, 0.05) is 11.4 Å². The number of aryl methyl sites for hydroxylation is 1. The number of rotatable bonds is 8. The van der Waals surface area contributed by atoms with Crippen LogP contribution in [0.5, 0.6) is 0 Å². The van der Waals surface area contributed by atoms with E-state index in [9.17, 15) is 5.11 Å². The first kappa shape index (κ1) is 16.5. The van der Waals surface area contributed by atoms with Crippen LogP contribution in [0.1, 0.15) is 43.9 Å². The van der Waals surface area contributed by atoms with E-state index in [0.717, 1.165) is 38.0 Å². The topological polar surface area (TPSA) is 23.5 Å². The van der Waals surface area contributed by atoms with E-state index in [0.29, 0.717) is 0 Å². The van der Waals surface area contributed by atoms with Gasteiger partial charge in [0.15, 0.2) is 0 Å². The predicted molar refractivity (Wildman–Crippen MR) is 84.9 cm³/mol. The Bertz CT molecular complexity index is 375. The molecular weight excluding hydrogens is 254 g/mol. The van der Waals surface area contributed by atoms with Gasteiger partial charge in [-0.2, -0.15) is 0 Å². The molecule has 0 saturated carbocycles. The van der Waals surface area contributed by atoms with Crippen molar-refractivity contribution in [1.82, 2.24) is 4.90 Å². The SMILES string of the molecule is CCCN(CCC)CC(O)c1ccc(SC)c(C)c1. The Kier molecular flexibility index (Phi) is 7.51. The largest absolute Gasteiger partial charge is 0.387 e. The third-order valence-electron chi connectivity index (χ3n) is 3.31. The van der Waals surface area contributed by atoms with Crippen molar-refractivity contribution < 1.29 is 5.11 Å². The molecule has 1 rings (SSSR count). The fraction of sp³-hybridized carbons (Fsp3) is 0.625. The first-order valence-corrected chi connectivity index (χ1v) is 8.39. The summed E-state index contributed by atoms with van der Waals surface area (Å²) in [6.07, 6.45) is 3.98. The Morgan fingerprint density at radius 1 is 1.21 bits per heavy atom. The van der Waals surface area contributed by atoms with Crippen molar-refractivity contribution in [3.05, 3.63) is 29.3 Å². The zero-order chi connectivity index (χ0) is 14.3. The Hall–Kier alpha value is -0.510. The lowest BCUT2D eigenvalue weighted by Crippen LogP contribution is -2.30. The van der Waals surface area contributed by atoms with Crippen LogP contribution in [0.25, 0.3) is 0 Å². The van der Waals surface area contributed by atoms with E-state index in [1.54, 1.807) is 11.8 Å². The van der Waals surface area contributed by atoms with E-state index in [1.165, 1.54) is 10.5 Å². The summed E-state index contributed by atoms with van der Waals surface area (Å²) in [5, 5.41) is 10.4. The van der Waals surface area contributed by atoms with Crippen LogP contribution in [-0.4, -0.2) is 35.9 Å². The van der Waals surface area contributed by atoms with Crippen molar-refractivity contribution in [3.8, 4) is 0 Å². The van der Waals surface area contributed by atoms with E-state index in [4.69, 9.17) is 0 Å². The van der Waals surface area contributed by atoms with E-state index >= 15 is 0 Å². The van der Waals surface area contributed by atoms with E-state index in [2.05, 4.69) is 50.1 Å². The van der Waals surface area contributed by atoms with Crippen LogP contribution in [-0.2, 0) is 0 Å². The molecule has 0 aromatic heterocycles. The van der Waals surface area contributed by atoms with Gasteiger partial charge < -0.3 is 10.0 Å². The van der Waals surface area contributed by atoms with Gasteiger partial charge in [0.2, 0.25) is 0 Å². The quantitative estimate of drug-likeness (QED) is 0.732. The highest BCUT2D eigenvalue weighted by atomic mass is 32.2. The van der Waals surface area contributed by atoms with Gasteiger partial charge in [0.05, 0.1) is 6.10 Å². The number of nitrogens with zero attached hydrogens (tertiary/aromatic N) is 1. The molecule has 1 N–H and O–H groups in total. The molecule has 19 heavy (non-hydrogen) atoms. The summed E-state index contributed by atoms with van der Waals surface area (Å²) in [5.74, 6) is 0. The molecule has 0 fully saturated rings. The molecule has 1 aromatic carbocycles. The molecule has 0 aliphatic heterocycles. The molecule has 108 valence electrons. The van der Waals surface area contributed by atoms with Crippen molar-refractivity contribution in [1.29, 1.82) is 0 Å². The number of aliphatic hydroxyl groups is 1. The molecule has 0 amide bonds. The van der Waals surface area contributed by atoms with Crippen molar-refractivity contribution in [2.45, 2.75) is 44.6 Å². The second-order valence-electron chi connectivity index (χ2n) is 5.05. The summed E-state index contributed by atoms with van der Waals surface area (Å²) >= 11 is 1.75. The number of thioether (sulfide) groups is 1. The maximum Gasteiger partial charge on any atom is 0.0917 e. The Morgan fingerprint density at radius 2 is 1.84 bits per heavy atom. The summed E-state index contributed by atoms with van der Waals surface area (Å²) in [6.45, 7) is 9.34. The smallest absolute Gasteiger partial charge is 0.0917 e. The standard InChI is InChI=1S/C16H27NOS/c1-5-9-17(10-6-2)12-15(18)14-7-8-16(19-4)13(3)11-14/h7-8,11,15,18H,5-6,9-10,12H2,1-4H3. The van der Waals surface area contributed by atoms with Crippen LogP contribution < -0.4 is 0 Å². The summed E-state index contributed by atoms with van der Waals surface area (Å²) in [7, 11) is 0. The minimum atomic E-state index is -0.382. The molecule has 0 aliphatic carbocycles. The molecule has 2 nitrogen and oxygen atoms in total. The Labute approximate surface area is 122 Å². The average molecular weight is 281 g/mol. The lowest BCUT2D eigenvalue weighted by molar-refractivity contribution is 0.113. The number of benzene rings is 1. The fourth-order valence-corrected chi connectivity index (χ4v) is 2.97. The van der Waals surface area contributed by atoms with Crippen LogP contribution in [0.15, 0.2) is 23.1 Å². The molecule has 1 unspecified atom stereocenters. The molecule has 0 aliphatic rings. The average Bonchev–Trinajstić information content (AvgIpc) is 2.39. The van der Waals surface area contributed by atoms with Crippen molar-refractivity contribution in [2.24, 2.45) is 0 Å². The minimum Gasteiger partial charge on any atom is -0.387 e. The highest BCUT2D eigenvalue weighted by Gasteiger charge is 2.13. The molecule has 0 heterocycles. The lowest BCUT2D eigenvalue weighted by atomic mass is 10.1. The second-order valence-corrected chi connectivity index (χ2v) is 5.89. The van der Waals surface area contributed by atoms with Crippen LogP contribution in [0.3, 0.4) is 0 Å². The van der Waals surface area contributed by atoms with Crippen LogP contribution in [0.4, 0.5) is 0 Å². The van der Waals surface area contributed by atoms with Gasteiger partial charge in [0.25, 0.3) is 0 Å². The maximum atomic E-state index is 10.4. The molecule has 3 heteroatoms. The van der Waals surface area contributed by atoms with Crippen molar-refractivity contribution in [3.63, 3.8) is 0 Å². The summed E-state index contributed by atoms with van der Waals surface area (Å²) in [6, 6.07) is 6.29. The second kappa shape index (κ2) is 8.62. The first-order valence-electron chi connectivity index (χ1n) is 7.17. The molecule has 0 spiro atoms. The summed E-state index contributed by atoms with van der Waals surface area (Å²) in [4.78, 5) is 3.64. The molecule has 0 bridgehead atoms. The monoisotopic (exact) mass is 281 g/mol. The normalized spacial score (nSPS) is 12.9. The number of aliphatic hydroxyl groups excluding tert-OH is 1. The van der Waals surface area contributed by atoms with Crippen molar-refractivity contribution >= 4 is 11.8 Å². The van der Waals surface area contributed by atoms with Crippen molar-refractivity contribution in [2.75, 3.05) is 25.9 Å². The zero-order valence-corrected chi connectivity index (χ0v) is 13.5. The fourth-order valence-electron chi connectivity index (χ4n) is 2.39. The Balaban J connectivity index is 2.70. The van der Waals surface area contributed by atoms with Gasteiger partial charge in [-0.05, 0) is 56.3 Å². The van der Waals surface area contributed by atoms with Crippen LogP contribution in [0, 0.1) is 6.92 Å². The zero-order valence-electron chi connectivity index (χ0n) is 12.6. The van der Waals surface area contributed by atoms with E-state index in [-0.39, 0.29) is 6.10 Å². The molecule has 0 saturated heterocycles. The van der Waals surface area contributed by atoms with Crippen LogP contribution >= 0.6 is 11.8 Å². The summed E-state index contributed by atoms with van der Waals surface area (Å²) in [5.41, 5.74) is 2.29. The molecular formula is C16H27NOS. The molecule has 1 aromatic rings. The maximum absolute atomic E-state index is 10.4. The minimum absolute atomic E-state index is 0.382. The first-order chi connectivity index (χ1) is 9.12. The van der Waals surface area contributed by atoms with Crippen LogP contribution in [0.2, 0.25) is 0 Å². The van der Waals surface area contributed by atoms with Gasteiger partial charge in [-0.25, -0.2) is 0 Å². The van der Waals surface area contributed by atoms with Gasteiger partial charge in [-0.15, -0.1) is 11.8 Å². The Morgan fingerprint density at radius 3 is 2.32 bits per heavy atom. The third-order valence-corrected chi connectivity index (χ3v) is 4.21. The highest BCUT2D eigenvalue weighted by molar-refractivity contribution is 7.98.